The fourth-order valence-electron chi connectivity index (χ4n) is 2.04. The quantitative estimate of drug-likeness (QED) is 0.838. The molecular formula is C14H19N3O. The second-order valence-corrected chi connectivity index (χ2v) is 4.53. The van der Waals surface area contributed by atoms with Crippen molar-refractivity contribution >= 4 is 5.69 Å². The fraction of sp³-hybridized carbons (Fsp3) is 0.357. The summed E-state index contributed by atoms with van der Waals surface area (Å²) in [6.07, 6.45) is 4.63. The van der Waals surface area contributed by atoms with Crippen LogP contribution >= 0.6 is 0 Å². The molecule has 0 saturated carbocycles. The number of aryl methyl sites for hydroxylation is 1. The minimum absolute atomic E-state index is 0.0404. The monoisotopic (exact) mass is 245 g/mol. The molecule has 0 unspecified atom stereocenters. The van der Waals surface area contributed by atoms with Crippen LogP contribution in [0.3, 0.4) is 0 Å². The first kappa shape index (κ1) is 12.5. The van der Waals surface area contributed by atoms with Crippen molar-refractivity contribution in [1.29, 1.82) is 0 Å². The van der Waals surface area contributed by atoms with Crippen LogP contribution in [0.4, 0.5) is 5.69 Å². The van der Waals surface area contributed by atoms with Gasteiger partial charge in [0.15, 0.2) is 0 Å². The molecule has 4 heteroatoms. The van der Waals surface area contributed by atoms with Gasteiger partial charge >= 0.3 is 5.69 Å². The summed E-state index contributed by atoms with van der Waals surface area (Å²) in [5.74, 6) is 0. The van der Waals surface area contributed by atoms with E-state index in [4.69, 9.17) is 5.73 Å². The zero-order valence-corrected chi connectivity index (χ0v) is 10.9. The Balaban J connectivity index is 2.29. The number of nitrogens with two attached hydrogens (primary N) is 1. The predicted molar refractivity (Wildman–Crippen MR) is 73.7 cm³/mol. The first-order chi connectivity index (χ1) is 8.63. The van der Waals surface area contributed by atoms with Crippen LogP contribution in [0.5, 0.6) is 0 Å². The van der Waals surface area contributed by atoms with Crippen molar-refractivity contribution in [3.8, 4) is 0 Å². The highest BCUT2D eigenvalue weighted by molar-refractivity contribution is 5.49. The molecule has 0 amide bonds. The summed E-state index contributed by atoms with van der Waals surface area (Å²) in [5.41, 5.74) is 8.82. The number of benzene rings is 1. The molecule has 0 spiro atoms. The molecule has 0 aliphatic rings. The summed E-state index contributed by atoms with van der Waals surface area (Å²) in [5, 5.41) is 0. The summed E-state index contributed by atoms with van der Waals surface area (Å²) >= 11 is 0. The summed E-state index contributed by atoms with van der Waals surface area (Å²) in [6.45, 7) is 5.39. The number of rotatable bonds is 4. The largest absolute Gasteiger partial charge is 0.399 e. The number of aromatic nitrogens is 2. The van der Waals surface area contributed by atoms with Crippen molar-refractivity contribution in [2.75, 3.05) is 5.73 Å². The molecule has 2 rings (SSSR count). The van der Waals surface area contributed by atoms with Crippen molar-refractivity contribution < 1.29 is 0 Å². The van der Waals surface area contributed by atoms with Crippen LogP contribution < -0.4 is 11.4 Å². The molecular weight excluding hydrogens is 226 g/mol. The van der Waals surface area contributed by atoms with Gasteiger partial charge in [0.2, 0.25) is 0 Å². The van der Waals surface area contributed by atoms with E-state index in [1.807, 2.05) is 37.5 Å². The van der Waals surface area contributed by atoms with E-state index < -0.39 is 0 Å². The molecule has 0 aliphatic heterocycles. The van der Waals surface area contributed by atoms with Gasteiger partial charge in [0.05, 0.1) is 6.54 Å². The van der Waals surface area contributed by atoms with Crippen molar-refractivity contribution in [2.24, 2.45) is 0 Å². The third kappa shape index (κ3) is 2.32. The van der Waals surface area contributed by atoms with Gasteiger partial charge in [0.25, 0.3) is 0 Å². The first-order valence-corrected chi connectivity index (χ1v) is 6.23. The van der Waals surface area contributed by atoms with E-state index in [-0.39, 0.29) is 5.69 Å². The number of nitrogens with zero attached hydrogens (tertiary/aromatic N) is 2. The third-order valence-corrected chi connectivity index (χ3v) is 3.21. The molecule has 1 heterocycles. The maximum Gasteiger partial charge on any atom is 0.328 e. The molecule has 0 aliphatic carbocycles. The Morgan fingerprint density at radius 3 is 2.67 bits per heavy atom. The van der Waals surface area contributed by atoms with E-state index in [9.17, 15) is 4.79 Å². The van der Waals surface area contributed by atoms with E-state index in [1.165, 1.54) is 0 Å². The van der Waals surface area contributed by atoms with Crippen molar-refractivity contribution in [2.45, 2.75) is 33.4 Å². The summed E-state index contributed by atoms with van der Waals surface area (Å²) in [7, 11) is 0. The van der Waals surface area contributed by atoms with Crippen LogP contribution in [0.2, 0.25) is 0 Å². The maximum absolute atomic E-state index is 12.1. The second-order valence-electron chi connectivity index (χ2n) is 4.53. The Morgan fingerprint density at radius 1 is 1.22 bits per heavy atom. The third-order valence-electron chi connectivity index (χ3n) is 3.21. The Morgan fingerprint density at radius 2 is 1.94 bits per heavy atom. The lowest BCUT2D eigenvalue weighted by molar-refractivity contribution is 0.623. The number of hydrogen-bond acceptors (Lipinski definition) is 2. The fourth-order valence-corrected chi connectivity index (χ4v) is 2.04. The lowest BCUT2D eigenvalue weighted by Crippen LogP contribution is -2.24. The molecule has 0 bridgehead atoms. The topological polar surface area (TPSA) is 52.9 Å². The average Bonchev–Trinajstić information content (AvgIpc) is 2.68. The zero-order valence-electron chi connectivity index (χ0n) is 10.9. The number of nitrogen functional groups attached to an aromatic ring is 1. The predicted octanol–water partition coefficient (Wildman–Crippen LogP) is 2.00. The Hall–Kier alpha value is -1.97. The zero-order chi connectivity index (χ0) is 13.1. The lowest BCUT2D eigenvalue weighted by atomic mass is 10.1. The second kappa shape index (κ2) is 5.12. The molecule has 0 atom stereocenters. The highest BCUT2D eigenvalue weighted by Gasteiger charge is 2.06. The summed E-state index contributed by atoms with van der Waals surface area (Å²) in [6, 6.07) is 5.81. The van der Waals surface area contributed by atoms with Crippen LogP contribution in [0, 0.1) is 6.92 Å². The summed E-state index contributed by atoms with van der Waals surface area (Å²) < 4.78 is 3.46. The van der Waals surface area contributed by atoms with Gasteiger partial charge in [-0.15, -0.1) is 0 Å². The molecule has 4 nitrogen and oxygen atoms in total. The van der Waals surface area contributed by atoms with E-state index >= 15 is 0 Å². The van der Waals surface area contributed by atoms with Crippen LogP contribution in [0.25, 0.3) is 0 Å². The standard InChI is InChI=1S/C14H19N3O/c1-3-7-16-8-9-17(14(16)18)10-12-5-4-6-13(15)11(12)2/h4-6,8-9H,3,7,10,15H2,1-2H3. The number of hydrogen-bond donors (Lipinski definition) is 1. The number of anilines is 1. The molecule has 0 radical (unpaired) electrons. The van der Waals surface area contributed by atoms with E-state index in [1.54, 1.807) is 9.13 Å². The van der Waals surface area contributed by atoms with Gasteiger partial charge < -0.3 is 5.73 Å². The van der Waals surface area contributed by atoms with E-state index in [0.29, 0.717) is 6.54 Å². The normalized spacial score (nSPS) is 10.8. The van der Waals surface area contributed by atoms with Gasteiger partial charge in [-0.25, -0.2) is 4.79 Å². The molecule has 0 fully saturated rings. The summed E-state index contributed by atoms with van der Waals surface area (Å²) in [4.78, 5) is 12.1. The van der Waals surface area contributed by atoms with Crippen molar-refractivity contribution in [3.63, 3.8) is 0 Å². The van der Waals surface area contributed by atoms with Crippen molar-refractivity contribution in [1.82, 2.24) is 9.13 Å². The Bertz CT molecular complexity index is 595. The Kier molecular flexibility index (Phi) is 3.55. The van der Waals surface area contributed by atoms with Gasteiger partial charge in [-0.3, -0.25) is 9.13 Å². The lowest BCUT2D eigenvalue weighted by Gasteiger charge is -2.08. The highest BCUT2D eigenvalue weighted by atomic mass is 16.1. The molecule has 2 N–H and O–H groups in total. The van der Waals surface area contributed by atoms with Crippen LogP contribution in [-0.4, -0.2) is 9.13 Å². The molecule has 1 aromatic carbocycles. The smallest absolute Gasteiger partial charge is 0.328 e. The van der Waals surface area contributed by atoms with Gasteiger partial charge in [-0.05, 0) is 30.5 Å². The van der Waals surface area contributed by atoms with E-state index in [0.717, 1.165) is 29.8 Å². The highest BCUT2D eigenvalue weighted by Crippen LogP contribution is 2.16. The van der Waals surface area contributed by atoms with E-state index in [2.05, 4.69) is 6.92 Å². The molecule has 18 heavy (non-hydrogen) atoms. The van der Waals surface area contributed by atoms with Gasteiger partial charge in [0.1, 0.15) is 0 Å². The van der Waals surface area contributed by atoms with Crippen LogP contribution in [0.1, 0.15) is 24.5 Å². The van der Waals surface area contributed by atoms with Gasteiger partial charge in [-0.1, -0.05) is 19.1 Å². The average molecular weight is 245 g/mol. The molecule has 0 saturated heterocycles. The van der Waals surface area contributed by atoms with Gasteiger partial charge in [0, 0.05) is 24.6 Å². The first-order valence-electron chi connectivity index (χ1n) is 6.23. The number of imidazole rings is 1. The molecule has 2 aromatic rings. The van der Waals surface area contributed by atoms with Crippen LogP contribution in [0.15, 0.2) is 35.4 Å². The SMILES string of the molecule is CCCn1ccn(Cc2cccc(N)c2C)c1=O. The Labute approximate surface area is 107 Å². The van der Waals surface area contributed by atoms with Gasteiger partial charge in [-0.2, -0.15) is 0 Å². The maximum atomic E-state index is 12.1. The van der Waals surface area contributed by atoms with Crippen molar-refractivity contribution in [3.05, 3.63) is 52.2 Å². The molecule has 1 aromatic heterocycles. The molecule has 96 valence electrons. The minimum Gasteiger partial charge on any atom is -0.399 e. The minimum atomic E-state index is 0.0404. The van der Waals surface area contributed by atoms with Crippen LogP contribution in [-0.2, 0) is 13.1 Å².